The molecule has 0 spiro atoms. The molecule has 1 aliphatic heterocycles. The monoisotopic (exact) mass is 481 g/mol. The molecule has 2 atom stereocenters. The van der Waals surface area contributed by atoms with Gasteiger partial charge in [-0.25, -0.2) is 0 Å². The fraction of sp³-hybridized carbons (Fsp3) is 0.625. The average molecular weight is 482 g/mol. The van der Waals surface area contributed by atoms with Gasteiger partial charge in [0.05, 0.1) is 0 Å². The molecule has 2 aromatic carbocycles. The second kappa shape index (κ2) is 14.9. The first-order valence-electron chi connectivity index (χ1n) is 14.1. The van der Waals surface area contributed by atoms with E-state index >= 15 is 0 Å². The van der Waals surface area contributed by atoms with Gasteiger partial charge in [-0.05, 0) is 79.3 Å². The molecule has 0 aromatic heterocycles. The summed E-state index contributed by atoms with van der Waals surface area (Å²) in [6, 6.07) is 17.8. The average Bonchev–Trinajstić information content (AvgIpc) is 2.87. The fourth-order valence-electron chi connectivity index (χ4n) is 5.66. The SMILES string of the molecule is CCCCCCCC(C)C(CN1CCC(CC)CC1)c1ccc(CCc2ccccc2)c(Cl)c1. The summed E-state index contributed by atoms with van der Waals surface area (Å²) in [5.74, 6) is 2.20. The number of piperidine rings is 1. The minimum Gasteiger partial charge on any atom is -0.303 e. The van der Waals surface area contributed by atoms with Gasteiger partial charge in [0.1, 0.15) is 0 Å². The van der Waals surface area contributed by atoms with Crippen LogP contribution in [0, 0.1) is 11.8 Å². The highest BCUT2D eigenvalue weighted by Crippen LogP contribution is 2.34. The Bertz CT molecular complexity index is 809. The molecule has 1 saturated heterocycles. The zero-order valence-corrected chi connectivity index (χ0v) is 22.8. The molecule has 1 nitrogen and oxygen atoms in total. The van der Waals surface area contributed by atoms with E-state index in [0.717, 1.165) is 23.8 Å². The van der Waals surface area contributed by atoms with E-state index in [0.29, 0.717) is 11.8 Å². The van der Waals surface area contributed by atoms with Crippen LogP contribution in [0.2, 0.25) is 5.02 Å². The summed E-state index contributed by atoms with van der Waals surface area (Å²) in [6.45, 7) is 10.9. The van der Waals surface area contributed by atoms with Crippen molar-refractivity contribution < 1.29 is 0 Å². The lowest BCUT2D eigenvalue weighted by atomic mass is 9.82. The molecular formula is C32H48ClN. The van der Waals surface area contributed by atoms with Gasteiger partial charge in [-0.3, -0.25) is 0 Å². The minimum atomic E-state index is 0.574. The second-order valence-electron chi connectivity index (χ2n) is 10.8. The van der Waals surface area contributed by atoms with Crippen LogP contribution >= 0.6 is 11.6 Å². The molecule has 1 heterocycles. The predicted octanol–water partition coefficient (Wildman–Crippen LogP) is 9.33. The van der Waals surface area contributed by atoms with Crippen molar-refractivity contribution in [3.05, 3.63) is 70.2 Å². The summed E-state index contributed by atoms with van der Waals surface area (Å²) in [6.07, 6.45) is 14.3. The molecule has 2 heteroatoms. The molecule has 1 aliphatic rings. The largest absolute Gasteiger partial charge is 0.303 e. The van der Waals surface area contributed by atoms with Gasteiger partial charge in [-0.1, -0.05) is 120 Å². The molecule has 2 aromatic rings. The highest BCUT2D eigenvalue weighted by molar-refractivity contribution is 6.31. The van der Waals surface area contributed by atoms with Crippen LogP contribution in [0.15, 0.2) is 48.5 Å². The lowest BCUT2D eigenvalue weighted by Gasteiger charge is -2.36. The maximum absolute atomic E-state index is 6.87. The molecule has 0 aliphatic carbocycles. The van der Waals surface area contributed by atoms with E-state index in [4.69, 9.17) is 11.6 Å². The second-order valence-corrected chi connectivity index (χ2v) is 11.2. The van der Waals surface area contributed by atoms with E-state index in [9.17, 15) is 0 Å². The van der Waals surface area contributed by atoms with Gasteiger partial charge in [0, 0.05) is 11.6 Å². The number of unbranched alkanes of at least 4 members (excludes halogenated alkanes) is 4. The Kier molecular flexibility index (Phi) is 12.0. The van der Waals surface area contributed by atoms with Crippen molar-refractivity contribution in [2.45, 2.75) is 97.3 Å². The van der Waals surface area contributed by atoms with Crippen LogP contribution in [0.5, 0.6) is 0 Å². The van der Waals surface area contributed by atoms with Crippen LogP contribution in [-0.2, 0) is 12.8 Å². The molecule has 2 unspecified atom stereocenters. The topological polar surface area (TPSA) is 3.24 Å². The van der Waals surface area contributed by atoms with E-state index in [1.54, 1.807) is 0 Å². The minimum absolute atomic E-state index is 0.574. The zero-order valence-electron chi connectivity index (χ0n) is 22.1. The molecule has 1 fully saturated rings. The summed E-state index contributed by atoms with van der Waals surface area (Å²) in [5, 5.41) is 0.957. The van der Waals surface area contributed by atoms with Crippen LogP contribution in [0.4, 0.5) is 0 Å². The number of halogens is 1. The molecule has 3 rings (SSSR count). The Morgan fingerprint density at radius 1 is 0.912 bits per heavy atom. The van der Waals surface area contributed by atoms with Crippen molar-refractivity contribution in [1.29, 1.82) is 0 Å². The number of hydrogen-bond donors (Lipinski definition) is 0. The molecule has 188 valence electrons. The van der Waals surface area contributed by atoms with Gasteiger partial charge in [-0.15, -0.1) is 0 Å². The van der Waals surface area contributed by atoms with Crippen molar-refractivity contribution in [3.63, 3.8) is 0 Å². The fourth-order valence-corrected chi connectivity index (χ4v) is 5.94. The van der Waals surface area contributed by atoms with Crippen LogP contribution in [0.3, 0.4) is 0 Å². The first kappa shape index (κ1) is 27.3. The quantitative estimate of drug-likeness (QED) is 0.243. The molecule has 0 saturated carbocycles. The van der Waals surface area contributed by atoms with Gasteiger partial charge in [0.25, 0.3) is 0 Å². The summed E-state index contributed by atoms with van der Waals surface area (Å²) >= 11 is 6.87. The number of hydrogen-bond acceptors (Lipinski definition) is 1. The van der Waals surface area contributed by atoms with E-state index in [1.165, 1.54) is 94.1 Å². The third-order valence-electron chi connectivity index (χ3n) is 8.22. The lowest BCUT2D eigenvalue weighted by Crippen LogP contribution is -2.37. The van der Waals surface area contributed by atoms with Crippen molar-refractivity contribution in [1.82, 2.24) is 4.90 Å². The van der Waals surface area contributed by atoms with Crippen molar-refractivity contribution in [3.8, 4) is 0 Å². The number of aryl methyl sites for hydroxylation is 2. The van der Waals surface area contributed by atoms with Crippen molar-refractivity contribution >= 4 is 11.6 Å². The van der Waals surface area contributed by atoms with E-state index in [-0.39, 0.29) is 0 Å². The van der Waals surface area contributed by atoms with Gasteiger partial charge in [0.2, 0.25) is 0 Å². The Hall–Kier alpha value is -1.31. The highest BCUT2D eigenvalue weighted by Gasteiger charge is 2.25. The standard InChI is InChI=1S/C32H48ClN/c1-4-6-7-8-10-13-26(3)31(25-34-22-20-27(5-2)21-23-34)30-19-18-29(32(33)24-30)17-16-28-14-11-9-12-15-28/h9,11-12,14-15,18-19,24,26-27,31H,4-8,10,13,16-17,20-23,25H2,1-3H3. The van der Waals surface area contributed by atoms with Crippen LogP contribution in [0.25, 0.3) is 0 Å². The Morgan fingerprint density at radius 2 is 1.65 bits per heavy atom. The van der Waals surface area contributed by atoms with Gasteiger partial charge < -0.3 is 4.90 Å². The van der Waals surface area contributed by atoms with Gasteiger partial charge in [0.15, 0.2) is 0 Å². The van der Waals surface area contributed by atoms with E-state index in [2.05, 4.69) is 74.2 Å². The maximum atomic E-state index is 6.87. The van der Waals surface area contributed by atoms with Gasteiger partial charge in [-0.2, -0.15) is 0 Å². The molecule has 34 heavy (non-hydrogen) atoms. The molecule has 0 amide bonds. The molecule has 0 bridgehead atoms. The molecule has 0 N–H and O–H groups in total. The normalized spacial score (nSPS) is 17.1. The van der Waals surface area contributed by atoms with E-state index < -0.39 is 0 Å². The Labute approximate surface area is 215 Å². The van der Waals surface area contributed by atoms with E-state index in [1.807, 2.05) is 0 Å². The third-order valence-corrected chi connectivity index (χ3v) is 8.57. The van der Waals surface area contributed by atoms with Crippen LogP contribution in [-0.4, -0.2) is 24.5 Å². The van der Waals surface area contributed by atoms with Crippen LogP contribution in [0.1, 0.15) is 101 Å². The summed E-state index contributed by atoms with van der Waals surface area (Å²) in [4.78, 5) is 2.74. The number of nitrogens with zero attached hydrogens (tertiary/aromatic N) is 1. The predicted molar refractivity (Wildman–Crippen MR) is 150 cm³/mol. The molecular weight excluding hydrogens is 434 g/mol. The maximum Gasteiger partial charge on any atom is 0.0440 e. The Morgan fingerprint density at radius 3 is 2.32 bits per heavy atom. The third kappa shape index (κ3) is 8.72. The zero-order chi connectivity index (χ0) is 24.2. The summed E-state index contributed by atoms with van der Waals surface area (Å²) < 4.78 is 0. The summed E-state index contributed by atoms with van der Waals surface area (Å²) in [5.41, 5.74) is 4.11. The van der Waals surface area contributed by atoms with Crippen molar-refractivity contribution in [2.24, 2.45) is 11.8 Å². The first-order valence-corrected chi connectivity index (χ1v) is 14.5. The number of benzene rings is 2. The Balaban J connectivity index is 1.66. The number of rotatable bonds is 14. The smallest absolute Gasteiger partial charge is 0.0440 e. The van der Waals surface area contributed by atoms with Gasteiger partial charge >= 0.3 is 0 Å². The summed E-state index contributed by atoms with van der Waals surface area (Å²) in [7, 11) is 0. The first-order chi connectivity index (χ1) is 16.6. The lowest BCUT2D eigenvalue weighted by molar-refractivity contribution is 0.159. The van der Waals surface area contributed by atoms with Crippen molar-refractivity contribution in [2.75, 3.05) is 19.6 Å². The number of likely N-dealkylation sites (tertiary alicyclic amines) is 1. The van der Waals surface area contributed by atoms with Crippen LogP contribution < -0.4 is 0 Å². The molecule has 0 radical (unpaired) electrons. The highest BCUT2D eigenvalue weighted by atomic mass is 35.5.